The second kappa shape index (κ2) is 5.92. The molecule has 6 heteroatoms. The van der Waals surface area contributed by atoms with Gasteiger partial charge in [-0.1, -0.05) is 11.8 Å². The first-order chi connectivity index (χ1) is 7.24. The average molecular weight is 253 g/mol. The van der Waals surface area contributed by atoms with Gasteiger partial charge in [0.15, 0.2) is 5.57 Å². The van der Waals surface area contributed by atoms with Crippen LogP contribution in [-0.4, -0.2) is 16.9 Å². The summed E-state index contributed by atoms with van der Waals surface area (Å²) >= 11 is 4.65. The highest BCUT2D eigenvalue weighted by Crippen LogP contribution is 2.36. The van der Waals surface area contributed by atoms with Gasteiger partial charge in [0.25, 0.3) is 0 Å². The van der Waals surface area contributed by atoms with Crippen molar-refractivity contribution in [2.75, 3.05) is 12.5 Å². The third-order valence-corrected chi connectivity index (χ3v) is 4.56. The zero-order valence-electron chi connectivity index (χ0n) is 8.14. The third kappa shape index (κ3) is 3.07. The molecule has 0 aromatic rings. The lowest BCUT2D eigenvalue weighted by atomic mass is 10.2. The molecule has 1 aliphatic heterocycles. The molecule has 0 amide bonds. The normalized spacial score (nSPS) is 14.8. The van der Waals surface area contributed by atoms with E-state index in [0.717, 1.165) is 8.61 Å². The van der Waals surface area contributed by atoms with Crippen LogP contribution in [0.1, 0.15) is 0 Å². The molecule has 0 spiro atoms. The van der Waals surface area contributed by atoms with Gasteiger partial charge < -0.3 is 0 Å². The first-order valence-corrected chi connectivity index (χ1v) is 7.12. The molecule has 0 aliphatic carbocycles. The molecule has 0 unspecified atom stereocenters. The van der Waals surface area contributed by atoms with Crippen molar-refractivity contribution >= 4 is 39.7 Å². The lowest BCUT2D eigenvalue weighted by Gasteiger charge is -2.11. The van der Waals surface area contributed by atoms with Gasteiger partial charge in [-0.2, -0.15) is 10.5 Å². The summed E-state index contributed by atoms with van der Waals surface area (Å²) in [6.45, 7) is 0. The Morgan fingerprint density at radius 3 is 2.47 bits per heavy atom. The van der Waals surface area contributed by atoms with Gasteiger partial charge in [0.2, 0.25) is 0 Å². The van der Waals surface area contributed by atoms with E-state index in [1.165, 1.54) is 11.8 Å². The van der Waals surface area contributed by atoms with Crippen molar-refractivity contribution in [2.45, 2.75) is 0 Å². The molecule has 0 saturated carbocycles. The minimum atomic E-state index is 0.0633. The summed E-state index contributed by atoms with van der Waals surface area (Å²) in [4.78, 5) is 4.23. The molecule has 1 heterocycles. The minimum absolute atomic E-state index is 0.0633. The predicted octanol–water partition coefficient (Wildman–Crippen LogP) is 2.96. The average Bonchev–Trinajstić information content (AvgIpc) is 2.30. The summed E-state index contributed by atoms with van der Waals surface area (Å²) in [7, 11) is 0. The SMILES string of the molecule is CSC1=CC(=C(C#N)C#N)N=C(SC)S1. The maximum absolute atomic E-state index is 8.75. The van der Waals surface area contributed by atoms with Gasteiger partial charge in [0, 0.05) is 4.24 Å². The van der Waals surface area contributed by atoms with Gasteiger partial charge in [-0.3, -0.25) is 0 Å². The van der Waals surface area contributed by atoms with Gasteiger partial charge in [-0.15, -0.1) is 23.5 Å². The zero-order chi connectivity index (χ0) is 11.3. The maximum Gasteiger partial charge on any atom is 0.155 e. The molecule has 1 aliphatic rings. The van der Waals surface area contributed by atoms with Crippen LogP contribution in [0.5, 0.6) is 0 Å². The van der Waals surface area contributed by atoms with Crippen LogP contribution in [-0.2, 0) is 0 Å². The molecule has 15 heavy (non-hydrogen) atoms. The molecule has 0 atom stereocenters. The lowest BCUT2D eigenvalue weighted by Crippen LogP contribution is -1.95. The van der Waals surface area contributed by atoms with Gasteiger partial charge in [-0.05, 0) is 18.6 Å². The minimum Gasteiger partial charge on any atom is -0.232 e. The quantitative estimate of drug-likeness (QED) is 0.672. The highest BCUT2D eigenvalue weighted by molar-refractivity contribution is 8.44. The summed E-state index contributed by atoms with van der Waals surface area (Å²) in [5.74, 6) is 0. The maximum atomic E-state index is 8.75. The number of hydrogen-bond donors (Lipinski definition) is 0. The van der Waals surface area contributed by atoms with Gasteiger partial charge >= 0.3 is 0 Å². The molecule has 0 saturated heterocycles. The number of aliphatic imine (C=N–C) groups is 1. The largest absolute Gasteiger partial charge is 0.232 e. The van der Waals surface area contributed by atoms with E-state index in [1.807, 2.05) is 24.6 Å². The van der Waals surface area contributed by atoms with Crippen molar-refractivity contribution in [3.63, 3.8) is 0 Å². The van der Waals surface area contributed by atoms with Crippen LogP contribution in [0.3, 0.4) is 0 Å². The molecule has 0 fully saturated rings. The van der Waals surface area contributed by atoms with E-state index in [1.54, 1.807) is 29.6 Å². The number of rotatable bonds is 1. The Labute approximate surface area is 101 Å². The first kappa shape index (κ1) is 12.3. The van der Waals surface area contributed by atoms with E-state index < -0.39 is 0 Å². The van der Waals surface area contributed by atoms with Crippen LogP contribution >= 0.6 is 35.3 Å². The van der Waals surface area contributed by atoms with Crippen LogP contribution in [0.15, 0.2) is 26.6 Å². The molecule has 1 rings (SSSR count). The standard InChI is InChI=1S/C9H7N3S3/c1-13-8-3-7(6(4-10)5-11)12-9(14-2)15-8/h3H,1-2H3. The molecule has 3 nitrogen and oxygen atoms in total. The summed E-state index contributed by atoms with van der Waals surface area (Å²) in [6.07, 6.45) is 5.65. The Balaban J connectivity index is 3.19. The van der Waals surface area contributed by atoms with Gasteiger partial charge in [-0.25, -0.2) is 4.99 Å². The first-order valence-electron chi connectivity index (χ1n) is 3.85. The second-order valence-corrected chi connectivity index (χ2v) is 5.53. The Bertz CT molecular complexity index is 396. The van der Waals surface area contributed by atoms with E-state index in [-0.39, 0.29) is 5.57 Å². The lowest BCUT2D eigenvalue weighted by molar-refractivity contribution is 1.35. The zero-order valence-corrected chi connectivity index (χ0v) is 10.6. The Morgan fingerprint density at radius 2 is 2.00 bits per heavy atom. The number of nitrogens with zero attached hydrogens (tertiary/aromatic N) is 3. The van der Waals surface area contributed by atoms with Gasteiger partial charge in [0.05, 0.1) is 5.70 Å². The predicted molar refractivity (Wildman–Crippen MR) is 68.4 cm³/mol. The number of thioether (sulfide) groups is 3. The monoisotopic (exact) mass is 253 g/mol. The van der Waals surface area contributed by atoms with Gasteiger partial charge in [0.1, 0.15) is 16.5 Å². The van der Waals surface area contributed by atoms with Crippen molar-refractivity contribution in [3.8, 4) is 12.1 Å². The van der Waals surface area contributed by atoms with E-state index in [4.69, 9.17) is 10.5 Å². The molecule has 76 valence electrons. The fraction of sp³-hybridized carbons (Fsp3) is 0.222. The highest BCUT2D eigenvalue weighted by atomic mass is 32.2. The van der Waals surface area contributed by atoms with Crippen molar-refractivity contribution in [1.82, 2.24) is 0 Å². The van der Waals surface area contributed by atoms with E-state index in [2.05, 4.69) is 4.99 Å². The van der Waals surface area contributed by atoms with Crippen LogP contribution in [0.4, 0.5) is 0 Å². The fourth-order valence-electron chi connectivity index (χ4n) is 0.836. The van der Waals surface area contributed by atoms with E-state index in [0.29, 0.717) is 5.70 Å². The fourth-order valence-corrected chi connectivity index (χ4v) is 3.07. The number of nitriles is 2. The van der Waals surface area contributed by atoms with Crippen LogP contribution < -0.4 is 0 Å². The summed E-state index contributed by atoms with van der Waals surface area (Å²) in [6, 6.07) is 3.70. The number of hydrogen-bond acceptors (Lipinski definition) is 6. The molecular weight excluding hydrogens is 246 g/mol. The van der Waals surface area contributed by atoms with E-state index >= 15 is 0 Å². The van der Waals surface area contributed by atoms with Crippen LogP contribution in [0, 0.1) is 22.7 Å². The van der Waals surface area contributed by atoms with Crippen LogP contribution in [0.2, 0.25) is 0 Å². The van der Waals surface area contributed by atoms with Crippen molar-refractivity contribution < 1.29 is 0 Å². The molecular formula is C9H7N3S3. The summed E-state index contributed by atoms with van der Waals surface area (Å²) in [5, 5.41) is 17.5. The van der Waals surface area contributed by atoms with Crippen molar-refractivity contribution in [2.24, 2.45) is 4.99 Å². The topological polar surface area (TPSA) is 59.9 Å². The second-order valence-electron chi connectivity index (χ2n) is 2.34. The molecule has 0 N–H and O–H groups in total. The highest BCUT2D eigenvalue weighted by Gasteiger charge is 2.14. The van der Waals surface area contributed by atoms with E-state index in [9.17, 15) is 0 Å². The third-order valence-electron chi connectivity index (χ3n) is 1.51. The summed E-state index contributed by atoms with van der Waals surface area (Å²) in [5.41, 5.74) is 0.529. The molecule has 0 aromatic carbocycles. The van der Waals surface area contributed by atoms with Crippen molar-refractivity contribution in [3.05, 3.63) is 21.6 Å². The van der Waals surface area contributed by atoms with Crippen LogP contribution in [0.25, 0.3) is 0 Å². The Morgan fingerprint density at radius 1 is 1.33 bits per heavy atom. The van der Waals surface area contributed by atoms with Crippen molar-refractivity contribution in [1.29, 1.82) is 10.5 Å². The molecule has 0 radical (unpaired) electrons. The number of allylic oxidation sites excluding steroid dienone is 2. The molecule has 0 bridgehead atoms. The Kier molecular flexibility index (Phi) is 4.83. The molecule has 0 aromatic heterocycles. The smallest absolute Gasteiger partial charge is 0.155 e. The summed E-state index contributed by atoms with van der Waals surface area (Å²) < 4.78 is 1.91. The Hall–Kier alpha value is -0.820.